The van der Waals surface area contributed by atoms with Crippen LogP contribution < -0.4 is 5.59 Å². The van der Waals surface area contributed by atoms with Crippen LogP contribution in [0, 0.1) is 6.92 Å². The van der Waals surface area contributed by atoms with Crippen molar-refractivity contribution in [3.63, 3.8) is 0 Å². The van der Waals surface area contributed by atoms with E-state index >= 15 is 0 Å². The minimum absolute atomic E-state index is 1.07. The van der Waals surface area contributed by atoms with E-state index in [1.165, 1.54) is 5.59 Å². The molecule has 1 aromatic heterocycles. The lowest BCUT2D eigenvalue weighted by Crippen LogP contribution is -2.19. The number of hydrogen-bond donors (Lipinski definition) is 0. The second-order valence-corrected chi connectivity index (χ2v) is 2.25. The maximum absolute atomic E-state index is 4.20. The molecule has 0 unspecified atom stereocenters. The highest BCUT2D eigenvalue weighted by Gasteiger charge is 1.97. The molecule has 0 fully saturated rings. The van der Waals surface area contributed by atoms with Gasteiger partial charge in [0.05, 0.1) is 5.69 Å². The zero-order valence-corrected chi connectivity index (χ0v) is 6.18. The fraction of sp³-hybridized carbons (Fsp3) is 0.500. The van der Waals surface area contributed by atoms with Crippen molar-refractivity contribution < 1.29 is 0 Å². The molecule has 0 saturated carbocycles. The van der Waals surface area contributed by atoms with Crippen LogP contribution in [0.2, 0.25) is 6.82 Å². The van der Waals surface area contributed by atoms with E-state index in [0.717, 1.165) is 13.0 Å². The molecule has 0 bridgehead atoms. The first kappa shape index (κ1) is 6.40. The van der Waals surface area contributed by atoms with Crippen molar-refractivity contribution in [2.75, 3.05) is 0 Å². The quantitative estimate of drug-likeness (QED) is 0.473. The molecule has 0 N–H and O–H groups in total. The van der Waals surface area contributed by atoms with E-state index < -0.39 is 0 Å². The molecule has 48 valence electrons. The van der Waals surface area contributed by atoms with Gasteiger partial charge in [0.1, 0.15) is 0 Å². The van der Waals surface area contributed by atoms with Crippen molar-refractivity contribution in [1.82, 2.24) is 9.78 Å². The van der Waals surface area contributed by atoms with Gasteiger partial charge in [-0.2, -0.15) is 5.10 Å². The third-order valence-electron chi connectivity index (χ3n) is 1.46. The van der Waals surface area contributed by atoms with E-state index in [4.69, 9.17) is 0 Å². The van der Waals surface area contributed by atoms with Gasteiger partial charge in [0.2, 0.25) is 0 Å². The topological polar surface area (TPSA) is 17.8 Å². The predicted molar refractivity (Wildman–Crippen MR) is 40.6 cm³/mol. The van der Waals surface area contributed by atoms with E-state index in [9.17, 15) is 0 Å². The summed E-state index contributed by atoms with van der Waals surface area (Å²) in [6.45, 7) is 4.15. The summed E-state index contributed by atoms with van der Waals surface area (Å²) in [5, 5.41) is 4.20. The Bertz CT molecular complexity index is 205. The molecule has 0 atom stereocenters. The molecule has 0 aromatic carbocycles. The molecule has 0 radical (unpaired) electrons. The molecule has 9 heavy (non-hydrogen) atoms. The Labute approximate surface area is 56.1 Å². The van der Waals surface area contributed by atoms with Crippen molar-refractivity contribution in [2.45, 2.75) is 13.7 Å². The van der Waals surface area contributed by atoms with Crippen LogP contribution in [0.3, 0.4) is 0 Å². The molecule has 1 aromatic rings. The van der Waals surface area contributed by atoms with Gasteiger partial charge in [0.15, 0.2) is 7.28 Å². The molecule has 0 aliphatic heterocycles. The largest absolute Gasteiger partial charge is 0.282 e. The average molecular weight is 122 g/mol. The summed E-state index contributed by atoms with van der Waals surface area (Å²) in [5.41, 5.74) is 2.40. The van der Waals surface area contributed by atoms with Gasteiger partial charge in [-0.1, -0.05) is 6.82 Å². The second kappa shape index (κ2) is 2.25. The Morgan fingerprint density at radius 2 is 2.33 bits per heavy atom. The third-order valence-corrected chi connectivity index (χ3v) is 1.46. The maximum atomic E-state index is 4.20. The molecule has 0 aliphatic carbocycles. The summed E-state index contributed by atoms with van der Waals surface area (Å²) >= 11 is 0. The zero-order chi connectivity index (χ0) is 6.85. The van der Waals surface area contributed by atoms with E-state index in [1.807, 2.05) is 18.7 Å². The van der Waals surface area contributed by atoms with Crippen molar-refractivity contribution in [3.8, 4) is 0 Å². The SMILES string of the molecule is CBc1cc(C)nn1C. The number of rotatable bonds is 1. The van der Waals surface area contributed by atoms with Crippen LogP contribution in [0.4, 0.5) is 0 Å². The fourth-order valence-corrected chi connectivity index (χ4v) is 0.995. The van der Waals surface area contributed by atoms with E-state index in [-0.39, 0.29) is 0 Å². The summed E-state index contributed by atoms with van der Waals surface area (Å²) in [4.78, 5) is 0. The maximum Gasteiger partial charge on any atom is 0.178 e. The highest BCUT2D eigenvalue weighted by molar-refractivity contribution is 6.50. The number of aryl methyl sites for hydroxylation is 2. The Morgan fingerprint density at radius 1 is 1.67 bits per heavy atom. The Morgan fingerprint density at radius 3 is 2.56 bits per heavy atom. The van der Waals surface area contributed by atoms with Crippen molar-refractivity contribution in [3.05, 3.63) is 11.8 Å². The molecular weight excluding hydrogens is 111 g/mol. The summed E-state index contributed by atoms with van der Waals surface area (Å²) < 4.78 is 1.93. The minimum Gasteiger partial charge on any atom is -0.282 e. The van der Waals surface area contributed by atoms with Gasteiger partial charge in [-0.3, -0.25) is 4.68 Å². The van der Waals surface area contributed by atoms with Gasteiger partial charge >= 0.3 is 0 Å². The van der Waals surface area contributed by atoms with Crippen molar-refractivity contribution >= 4 is 12.9 Å². The van der Waals surface area contributed by atoms with E-state index in [1.54, 1.807) is 0 Å². The Kier molecular flexibility index (Phi) is 1.60. The summed E-state index contributed by atoms with van der Waals surface area (Å²) in [6.07, 6.45) is 0. The van der Waals surface area contributed by atoms with Crippen LogP contribution in [-0.4, -0.2) is 17.1 Å². The average Bonchev–Trinajstić information content (AvgIpc) is 2.10. The fourth-order valence-electron chi connectivity index (χ4n) is 0.995. The zero-order valence-electron chi connectivity index (χ0n) is 6.18. The molecule has 1 heterocycles. The van der Waals surface area contributed by atoms with Gasteiger partial charge in [-0.25, -0.2) is 0 Å². The lowest BCUT2D eigenvalue weighted by atomic mass is 9.78. The van der Waals surface area contributed by atoms with Gasteiger partial charge in [-0.05, 0) is 18.6 Å². The monoisotopic (exact) mass is 122 g/mol. The molecule has 2 nitrogen and oxygen atoms in total. The molecule has 3 heteroatoms. The van der Waals surface area contributed by atoms with Crippen LogP contribution in [0.1, 0.15) is 5.69 Å². The van der Waals surface area contributed by atoms with Crippen molar-refractivity contribution in [2.24, 2.45) is 7.05 Å². The number of aromatic nitrogens is 2. The first-order valence-electron chi connectivity index (χ1n) is 3.23. The normalized spacial score (nSPS) is 9.67. The van der Waals surface area contributed by atoms with E-state index in [0.29, 0.717) is 0 Å². The van der Waals surface area contributed by atoms with Crippen molar-refractivity contribution in [1.29, 1.82) is 0 Å². The highest BCUT2D eigenvalue weighted by atomic mass is 15.3. The Balaban J connectivity index is 3.01. The van der Waals surface area contributed by atoms with Crippen LogP contribution in [0.15, 0.2) is 6.07 Å². The van der Waals surface area contributed by atoms with Gasteiger partial charge in [0.25, 0.3) is 0 Å². The minimum atomic E-state index is 1.07. The standard InChI is InChI=1S/C6H11BN2/c1-5-4-6(7-2)9(3)8-5/h4,7H,1-3H3. The molecule has 0 spiro atoms. The van der Waals surface area contributed by atoms with Crippen LogP contribution in [0.25, 0.3) is 0 Å². The predicted octanol–water partition coefficient (Wildman–Crippen LogP) is -0.162. The Hall–Kier alpha value is -0.725. The summed E-state index contributed by atoms with van der Waals surface area (Å²) in [7, 11) is 3.04. The molecule has 1 rings (SSSR count). The smallest absolute Gasteiger partial charge is 0.178 e. The number of hydrogen-bond acceptors (Lipinski definition) is 1. The van der Waals surface area contributed by atoms with Crippen LogP contribution in [-0.2, 0) is 7.05 Å². The molecule has 0 aliphatic rings. The lowest BCUT2D eigenvalue weighted by Gasteiger charge is -1.92. The molecular formula is C6H11BN2. The molecule has 0 amide bonds. The second-order valence-electron chi connectivity index (χ2n) is 2.25. The van der Waals surface area contributed by atoms with Gasteiger partial charge in [-0.15, -0.1) is 0 Å². The van der Waals surface area contributed by atoms with Gasteiger partial charge < -0.3 is 0 Å². The van der Waals surface area contributed by atoms with Crippen LogP contribution in [0.5, 0.6) is 0 Å². The third kappa shape index (κ3) is 1.15. The van der Waals surface area contributed by atoms with Crippen LogP contribution >= 0.6 is 0 Å². The van der Waals surface area contributed by atoms with Gasteiger partial charge in [0, 0.05) is 7.05 Å². The summed E-state index contributed by atoms with van der Waals surface area (Å²) in [5.74, 6) is 0. The number of nitrogens with zero attached hydrogens (tertiary/aromatic N) is 2. The lowest BCUT2D eigenvalue weighted by molar-refractivity contribution is 0.776. The summed E-state index contributed by atoms with van der Waals surface area (Å²) in [6, 6.07) is 2.11. The van der Waals surface area contributed by atoms with E-state index in [2.05, 4.69) is 18.0 Å². The highest BCUT2D eigenvalue weighted by Crippen LogP contribution is 1.85. The first-order valence-corrected chi connectivity index (χ1v) is 3.23. The molecule has 0 saturated heterocycles. The first-order chi connectivity index (χ1) is 4.24.